The highest BCUT2D eigenvalue weighted by Crippen LogP contribution is 2.46. The molecule has 0 unspecified atom stereocenters. The molecule has 2 N–H and O–H groups in total. The van der Waals surface area contributed by atoms with Gasteiger partial charge in [0.1, 0.15) is 0 Å². The van der Waals surface area contributed by atoms with Gasteiger partial charge in [0.2, 0.25) is 10.0 Å². The number of hydrogen-bond acceptors (Lipinski definition) is 6. The number of aliphatic hydroxyl groups is 1. The topological polar surface area (TPSA) is 78.9 Å². The van der Waals surface area contributed by atoms with Gasteiger partial charge >= 0.3 is 0 Å². The number of piperidine rings is 1. The first-order valence-corrected chi connectivity index (χ1v) is 13.9. The van der Waals surface area contributed by atoms with Crippen LogP contribution in [0.15, 0.2) is 6.07 Å². The molecule has 4 rings (SSSR count). The van der Waals surface area contributed by atoms with Gasteiger partial charge in [0.15, 0.2) is 0 Å². The van der Waals surface area contributed by atoms with Gasteiger partial charge in [0, 0.05) is 48.0 Å². The van der Waals surface area contributed by atoms with Crippen molar-refractivity contribution < 1.29 is 18.3 Å². The highest BCUT2D eigenvalue weighted by atomic mass is 32.2. The van der Waals surface area contributed by atoms with Crippen LogP contribution in [0.25, 0.3) is 0 Å². The second-order valence-electron chi connectivity index (χ2n) is 9.34. The number of ether oxygens (including phenoxy) is 1. The number of aryl methyl sites for hydroxylation is 1. The summed E-state index contributed by atoms with van der Waals surface area (Å²) in [5, 5.41) is 8.84. The highest BCUT2D eigenvalue weighted by Gasteiger charge is 2.45. The zero-order valence-corrected chi connectivity index (χ0v) is 19.9. The normalized spacial score (nSPS) is 32.2. The lowest BCUT2D eigenvalue weighted by Crippen LogP contribution is -2.54. The number of sulfonamides is 1. The summed E-state index contributed by atoms with van der Waals surface area (Å²) in [6, 6.07) is 2.93. The summed E-state index contributed by atoms with van der Waals surface area (Å²) in [5.41, 5.74) is 1.36. The van der Waals surface area contributed by atoms with E-state index in [0.717, 1.165) is 58.2 Å². The predicted octanol–water partition coefficient (Wildman–Crippen LogP) is 2.64. The van der Waals surface area contributed by atoms with Crippen LogP contribution in [-0.2, 0) is 33.2 Å². The minimum atomic E-state index is -3.26. The Balaban J connectivity index is 1.29. The van der Waals surface area contributed by atoms with Gasteiger partial charge in [0.25, 0.3) is 0 Å². The van der Waals surface area contributed by atoms with Gasteiger partial charge in [-0.25, -0.2) is 13.1 Å². The lowest BCUT2D eigenvalue weighted by molar-refractivity contribution is -0.114. The van der Waals surface area contributed by atoms with Crippen LogP contribution in [0.4, 0.5) is 0 Å². The van der Waals surface area contributed by atoms with Gasteiger partial charge < -0.3 is 14.7 Å². The predicted molar refractivity (Wildman–Crippen MR) is 120 cm³/mol. The summed E-state index contributed by atoms with van der Waals surface area (Å²) < 4.78 is 33.2. The Morgan fingerprint density at radius 2 is 2.20 bits per heavy atom. The van der Waals surface area contributed by atoms with Crippen molar-refractivity contribution in [3.8, 4) is 0 Å². The Morgan fingerprint density at radius 3 is 2.90 bits per heavy atom. The molecule has 6 nitrogen and oxygen atoms in total. The summed E-state index contributed by atoms with van der Waals surface area (Å²) in [7, 11) is -3.26. The van der Waals surface area contributed by atoms with E-state index in [2.05, 4.69) is 29.5 Å². The molecule has 170 valence electrons. The molecular weight excluding hydrogens is 420 g/mol. The van der Waals surface area contributed by atoms with Gasteiger partial charge in [-0.3, -0.25) is 0 Å². The number of thiophene rings is 1. The maximum atomic E-state index is 12.0. The van der Waals surface area contributed by atoms with E-state index < -0.39 is 10.0 Å². The highest BCUT2D eigenvalue weighted by molar-refractivity contribution is 7.89. The fourth-order valence-electron chi connectivity index (χ4n) is 5.43. The summed E-state index contributed by atoms with van der Waals surface area (Å²) >= 11 is 1.97. The zero-order valence-electron chi connectivity index (χ0n) is 18.2. The van der Waals surface area contributed by atoms with Crippen LogP contribution >= 0.6 is 11.3 Å². The summed E-state index contributed by atoms with van der Waals surface area (Å²) in [6.45, 7) is 7.39. The van der Waals surface area contributed by atoms with E-state index in [1.54, 1.807) is 0 Å². The number of nitrogens with one attached hydrogen (secondary N) is 1. The third kappa shape index (κ3) is 4.79. The van der Waals surface area contributed by atoms with Crippen LogP contribution in [0.2, 0.25) is 0 Å². The van der Waals surface area contributed by atoms with Gasteiger partial charge in [0.05, 0.1) is 18.0 Å². The van der Waals surface area contributed by atoms with Crippen LogP contribution in [-0.4, -0.2) is 62.6 Å². The molecule has 0 bridgehead atoms. The van der Waals surface area contributed by atoms with E-state index in [-0.39, 0.29) is 24.0 Å². The maximum Gasteiger partial charge on any atom is 0.211 e. The molecule has 0 amide bonds. The van der Waals surface area contributed by atoms with Gasteiger partial charge in [-0.15, -0.1) is 11.3 Å². The van der Waals surface area contributed by atoms with Crippen LogP contribution in [0, 0.1) is 5.92 Å². The molecule has 1 spiro atoms. The molecule has 2 fully saturated rings. The SMILES string of the molecule is CCc1cc2c(s1)CCO[C@@]21CCN(CC2CC(NS(=O)(=O)CCCO)C2)[C@@H](C)C1. The van der Waals surface area contributed by atoms with E-state index in [0.29, 0.717) is 18.4 Å². The van der Waals surface area contributed by atoms with Crippen molar-refractivity contribution in [2.24, 2.45) is 5.92 Å². The monoisotopic (exact) mass is 456 g/mol. The minimum Gasteiger partial charge on any atom is -0.396 e. The average molecular weight is 457 g/mol. The Hall–Kier alpha value is -0.510. The van der Waals surface area contributed by atoms with Gasteiger partial charge in [-0.1, -0.05) is 6.92 Å². The summed E-state index contributed by atoms with van der Waals surface area (Å²) in [4.78, 5) is 5.59. The first-order valence-electron chi connectivity index (χ1n) is 11.4. The van der Waals surface area contributed by atoms with Crippen molar-refractivity contribution in [2.45, 2.75) is 76.5 Å². The third-order valence-electron chi connectivity index (χ3n) is 7.10. The summed E-state index contributed by atoms with van der Waals surface area (Å²) in [6.07, 6.45) is 6.37. The Labute approximate surface area is 185 Å². The molecule has 1 saturated carbocycles. The number of likely N-dealkylation sites (tertiary alicyclic amines) is 1. The molecule has 2 aliphatic heterocycles. The van der Waals surface area contributed by atoms with Crippen molar-refractivity contribution >= 4 is 21.4 Å². The molecule has 3 aliphatic rings. The van der Waals surface area contributed by atoms with E-state index >= 15 is 0 Å². The molecule has 1 saturated heterocycles. The molecule has 2 atom stereocenters. The van der Waals surface area contributed by atoms with Gasteiger partial charge in [-0.05, 0) is 63.0 Å². The molecule has 8 heteroatoms. The third-order valence-corrected chi connectivity index (χ3v) is 9.96. The largest absolute Gasteiger partial charge is 0.396 e. The lowest BCUT2D eigenvalue weighted by atomic mass is 9.77. The van der Waals surface area contributed by atoms with Crippen molar-refractivity contribution in [1.82, 2.24) is 9.62 Å². The van der Waals surface area contributed by atoms with Crippen molar-refractivity contribution in [3.05, 3.63) is 21.4 Å². The first kappa shape index (κ1) is 22.7. The van der Waals surface area contributed by atoms with E-state index in [1.807, 2.05) is 11.3 Å². The summed E-state index contributed by atoms with van der Waals surface area (Å²) in [5.74, 6) is 0.572. The molecule has 1 aromatic heterocycles. The van der Waals surface area contributed by atoms with Crippen LogP contribution in [0.3, 0.4) is 0 Å². The van der Waals surface area contributed by atoms with Crippen molar-refractivity contribution in [2.75, 3.05) is 32.1 Å². The Bertz CT molecular complexity index is 834. The zero-order chi connectivity index (χ0) is 21.4. The number of nitrogens with zero attached hydrogens (tertiary/aromatic N) is 1. The quantitative estimate of drug-likeness (QED) is 0.629. The second kappa shape index (κ2) is 9.16. The fourth-order valence-corrected chi connectivity index (χ4v) is 7.93. The van der Waals surface area contributed by atoms with Crippen molar-refractivity contribution in [1.29, 1.82) is 0 Å². The fraction of sp³-hybridized carbons (Fsp3) is 0.818. The first-order chi connectivity index (χ1) is 14.3. The lowest BCUT2D eigenvalue weighted by Gasteiger charge is -2.49. The molecule has 3 heterocycles. The molecule has 30 heavy (non-hydrogen) atoms. The molecule has 1 aliphatic carbocycles. The maximum absolute atomic E-state index is 12.0. The van der Waals surface area contributed by atoms with Crippen LogP contribution in [0.1, 0.15) is 61.3 Å². The van der Waals surface area contributed by atoms with Crippen LogP contribution in [0.5, 0.6) is 0 Å². The molecule has 0 radical (unpaired) electrons. The number of rotatable bonds is 8. The van der Waals surface area contributed by atoms with E-state index in [4.69, 9.17) is 9.84 Å². The number of fused-ring (bicyclic) bond motifs is 2. The van der Waals surface area contributed by atoms with E-state index in [1.165, 1.54) is 15.3 Å². The van der Waals surface area contributed by atoms with E-state index in [9.17, 15) is 8.42 Å². The Morgan fingerprint density at radius 1 is 1.40 bits per heavy atom. The smallest absolute Gasteiger partial charge is 0.211 e. The number of hydrogen-bond donors (Lipinski definition) is 2. The van der Waals surface area contributed by atoms with Gasteiger partial charge in [-0.2, -0.15) is 0 Å². The minimum absolute atomic E-state index is 0.0141. The standard InChI is InChI=1S/C22H36N2O4S2/c1-3-19-13-20-21(29-19)5-9-28-22(20)6-7-24(16(2)14-22)15-17-11-18(12-17)23-30(26,27)10-4-8-25/h13,16-18,23,25H,3-12,14-15H2,1-2H3/t16-,17?,18?,22+/m0/s1. The van der Waals surface area contributed by atoms with Crippen LogP contribution < -0.4 is 4.72 Å². The molecular formula is C22H36N2O4S2. The Kier molecular flexibility index (Phi) is 6.92. The van der Waals surface area contributed by atoms with Crippen molar-refractivity contribution in [3.63, 3.8) is 0 Å². The average Bonchev–Trinajstić information content (AvgIpc) is 3.12. The molecule has 1 aromatic rings. The number of aliphatic hydroxyl groups excluding tert-OH is 1. The molecule has 0 aromatic carbocycles. The second-order valence-corrected chi connectivity index (χ2v) is 12.4.